The molecule has 2 heterocycles. The summed E-state index contributed by atoms with van der Waals surface area (Å²) in [6.07, 6.45) is 0. The van der Waals surface area contributed by atoms with Crippen molar-refractivity contribution in [2.24, 2.45) is 0 Å². The van der Waals surface area contributed by atoms with Crippen LogP contribution in [0, 0.1) is 6.92 Å². The molecule has 0 radical (unpaired) electrons. The number of hydrogen-bond donors (Lipinski definition) is 1. The Morgan fingerprint density at radius 1 is 1.33 bits per heavy atom. The molecule has 0 fully saturated rings. The van der Waals surface area contributed by atoms with Crippen LogP contribution in [-0.2, 0) is 0 Å². The van der Waals surface area contributed by atoms with E-state index in [0.717, 1.165) is 22.0 Å². The molecule has 3 aromatic rings. The number of rotatable bonds is 2. The summed E-state index contributed by atoms with van der Waals surface area (Å²) < 4.78 is 7.17. The Bertz CT molecular complexity index is 716. The Morgan fingerprint density at radius 3 is 2.89 bits per heavy atom. The van der Waals surface area contributed by atoms with E-state index in [9.17, 15) is 0 Å². The number of thiazole rings is 1. The predicted molar refractivity (Wildman–Crippen MR) is 72.0 cm³/mol. The van der Waals surface area contributed by atoms with Crippen molar-refractivity contribution in [2.75, 3.05) is 12.8 Å². The summed E-state index contributed by atoms with van der Waals surface area (Å²) in [5.74, 6) is 1.47. The zero-order chi connectivity index (χ0) is 12.7. The molecule has 0 atom stereocenters. The summed E-state index contributed by atoms with van der Waals surface area (Å²) in [7, 11) is 1.60. The molecule has 92 valence electrons. The summed E-state index contributed by atoms with van der Waals surface area (Å²) in [5, 5.41) is 10.4. The van der Waals surface area contributed by atoms with Gasteiger partial charge in [0, 0.05) is 16.6 Å². The minimum absolute atomic E-state index is 0.597. The predicted octanol–water partition coefficient (Wildman–Crippen LogP) is 2.36. The van der Waals surface area contributed by atoms with Gasteiger partial charge in [0.05, 0.1) is 12.8 Å². The van der Waals surface area contributed by atoms with Crippen LogP contribution in [0.5, 0.6) is 5.75 Å². The number of benzene rings is 1. The fourth-order valence-corrected chi connectivity index (χ4v) is 2.72. The first-order valence-electron chi connectivity index (χ1n) is 5.44. The first-order chi connectivity index (χ1) is 8.70. The zero-order valence-corrected chi connectivity index (χ0v) is 10.9. The molecule has 1 aromatic carbocycles. The van der Waals surface area contributed by atoms with Crippen LogP contribution in [-0.4, -0.2) is 21.7 Å². The van der Waals surface area contributed by atoms with Crippen molar-refractivity contribution < 1.29 is 4.74 Å². The smallest absolute Gasteiger partial charge is 0.216 e. The van der Waals surface area contributed by atoms with Crippen LogP contribution in [0.4, 0.5) is 5.69 Å². The quantitative estimate of drug-likeness (QED) is 0.718. The van der Waals surface area contributed by atoms with Gasteiger partial charge in [0.1, 0.15) is 5.75 Å². The van der Waals surface area contributed by atoms with Crippen LogP contribution in [0.25, 0.3) is 16.3 Å². The second kappa shape index (κ2) is 3.99. The van der Waals surface area contributed by atoms with E-state index in [2.05, 4.69) is 15.6 Å². The molecule has 3 rings (SSSR count). The summed E-state index contributed by atoms with van der Waals surface area (Å²) >= 11 is 1.57. The van der Waals surface area contributed by atoms with E-state index in [-0.39, 0.29) is 0 Å². The third kappa shape index (κ3) is 1.53. The molecule has 18 heavy (non-hydrogen) atoms. The lowest BCUT2D eigenvalue weighted by Crippen LogP contribution is -1.95. The average molecular weight is 260 g/mol. The normalized spacial score (nSPS) is 11.0. The van der Waals surface area contributed by atoms with Gasteiger partial charge in [0.15, 0.2) is 5.82 Å². The number of nitrogen functional groups attached to an aromatic ring is 1. The highest BCUT2D eigenvalue weighted by atomic mass is 32.1. The summed E-state index contributed by atoms with van der Waals surface area (Å²) in [5.41, 5.74) is 8.56. The third-order valence-corrected chi connectivity index (χ3v) is 3.74. The summed E-state index contributed by atoms with van der Waals surface area (Å²) in [4.78, 5) is 0.886. The van der Waals surface area contributed by atoms with E-state index in [1.54, 1.807) is 18.4 Å². The Morgan fingerprint density at radius 2 is 2.17 bits per heavy atom. The van der Waals surface area contributed by atoms with Crippen molar-refractivity contribution in [2.45, 2.75) is 6.92 Å². The van der Waals surface area contributed by atoms with Crippen LogP contribution in [0.15, 0.2) is 23.6 Å². The van der Waals surface area contributed by atoms with E-state index < -0.39 is 0 Å². The first kappa shape index (κ1) is 11.0. The van der Waals surface area contributed by atoms with Crippen LogP contribution in [0.2, 0.25) is 0 Å². The van der Waals surface area contributed by atoms with Gasteiger partial charge in [-0.1, -0.05) is 0 Å². The van der Waals surface area contributed by atoms with Crippen molar-refractivity contribution in [3.63, 3.8) is 0 Å². The first-order valence-corrected chi connectivity index (χ1v) is 6.32. The Kier molecular flexibility index (Phi) is 2.45. The molecule has 0 amide bonds. The molecule has 0 aliphatic heterocycles. The highest BCUT2D eigenvalue weighted by Crippen LogP contribution is 2.29. The third-order valence-electron chi connectivity index (χ3n) is 2.81. The number of aromatic nitrogens is 3. The van der Waals surface area contributed by atoms with Crippen LogP contribution in [0.1, 0.15) is 5.69 Å². The number of nitrogens with zero attached hydrogens (tertiary/aromatic N) is 3. The minimum atomic E-state index is 0.597. The van der Waals surface area contributed by atoms with Crippen LogP contribution >= 0.6 is 11.3 Å². The van der Waals surface area contributed by atoms with Crippen molar-refractivity contribution in [3.8, 4) is 17.1 Å². The van der Waals surface area contributed by atoms with E-state index in [0.29, 0.717) is 11.4 Å². The van der Waals surface area contributed by atoms with Gasteiger partial charge in [0.25, 0.3) is 0 Å². The number of hydrogen-bond acceptors (Lipinski definition) is 5. The molecule has 0 bridgehead atoms. The fraction of sp³-hybridized carbons (Fsp3) is 0.167. The molecule has 0 aliphatic rings. The highest BCUT2D eigenvalue weighted by molar-refractivity contribution is 7.15. The molecule has 5 nitrogen and oxygen atoms in total. The van der Waals surface area contributed by atoms with Gasteiger partial charge < -0.3 is 10.5 Å². The highest BCUT2D eigenvalue weighted by Gasteiger charge is 2.12. The maximum atomic E-state index is 5.92. The van der Waals surface area contributed by atoms with E-state index >= 15 is 0 Å². The Labute approximate surface area is 108 Å². The van der Waals surface area contributed by atoms with Gasteiger partial charge >= 0.3 is 0 Å². The number of anilines is 1. The number of aryl methyl sites for hydroxylation is 1. The molecule has 0 unspecified atom stereocenters. The van der Waals surface area contributed by atoms with Crippen LogP contribution < -0.4 is 10.5 Å². The SMILES string of the molecule is COc1ccc(-c2nnc3scc(C)n23)cc1N. The van der Waals surface area contributed by atoms with Gasteiger partial charge in [-0.25, -0.2) is 0 Å². The van der Waals surface area contributed by atoms with Gasteiger partial charge in [0.2, 0.25) is 4.96 Å². The van der Waals surface area contributed by atoms with Gasteiger partial charge in [-0.15, -0.1) is 21.5 Å². The average Bonchev–Trinajstić information content (AvgIpc) is 2.93. The van der Waals surface area contributed by atoms with Crippen molar-refractivity contribution in [3.05, 3.63) is 29.3 Å². The molecule has 0 saturated heterocycles. The lowest BCUT2D eigenvalue weighted by atomic mass is 10.2. The molecular weight excluding hydrogens is 248 g/mol. The van der Waals surface area contributed by atoms with E-state index in [1.807, 2.05) is 29.5 Å². The number of methoxy groups -OCH3 is 1. The molecular formula is C12H12N4OS. The zero-order valence-electron chi connectivity index (χ0n) is 10.0. The topological polar surface area (TPSA) is 65.4 Å². The molecule has 6 heteroatoms. The number of nitrogens with two attached hydrogens (primary N) is 1. The number of ether oxygens (including phenoxy) is 1. The van der Waals surface area contributed by atoms with Crippen molar-refractivity contribution in [1.82, 2.24) is 14.6 Å². The van der Waals surface area contributed by atoms with Crippen LogP contribution in [0.3, 0.4) is 0 Å². The monoisotopic (exact) mass is 260 g/mol. The molecule has 0 saturated carbocycles. The largest absolute Gasteiger partial charge is 0.495 e. The molecule has 0 spiro atoms. The lowest BCUT2D eigenvalue weighted by Gasteiger charge is -2.06. The summed E-state index contributed by atoms with van der Waals surface area (Å²) in [6, 6.07) is 5.63. The van der Waals surface area contributed by atoms with Crippen molar-refractivity contribution in [1.29, 1.82) is 0 Å². The lowest BCUT2D eigenvalue weighted by molar-refractivity contribution is 0.417. The molecule has 0 aliphatic carbocycles. The van der Waals surface area contributed by atoms with Crippen molar-refractivity contribution >= 4 is 22.0 Å². The Hall–Kier alpha value is -2.08. The standard InChI is InChI=1S/C12H12N4OS/c1-7-6-18-12-15-14-11(16(7)12)8-3-4-10(17-2)9(13)5-8/h3-6H,13H2,1-2H3. The number of fused-ring (bicyclic) bond motifs is 1. The molecule has 2 aromatic heterocycles. The second-order valence-corrected chi connectivity index (χ2v) is 4.81. The Balaban J connectivity index is 2.20. The second-order valence-electron chi connectivity index (χ2n) is 3.98. The van der Waals surface area contributed by atoms with Gasteiger partial charge in [-0.2, -0.15) is 0 Å². The fourth-order valence-electron chi connectivity index (χ4n) is 1.92. The molecule has 2 N–H and O–H groups in total. The maximum Gasteiger partial charge on any atom is 0.216 e. The van der Waals surface area contributed by atoms with Gasteiger partial charge in [-0.05, 0) is 25.1 Å². The van der Waals surface area contributed by atoms with E-state index in [1.165, 1.54) is 0 Å². The summed E-state index contributed by atoms with van der Waals surface area (Å²) in [6.45, 7) is 2.03. The van der Waals surface area contributed by atoms with Gasteiger partial charge in [-0.3, -0.25) is 4.40 Å². The van der Waals surface area contributed by atoms with E-state index in [4.69, 9.17) is 10.5 Å². The minimum Gasteiger partial charge on any atom is -0.495 e. The maximum absolute atomic E-state index is 5.92.